The number of carbonyl (C=O) groups is 1. The van der Waals surface area contributed by atoms with Crippen LogP contribution in [0.4, 0.5) is 0 Å². The lowest BCUT2D eigenvalue weighted by molar-refractivity contribution is 0.0588. The van der Waals surface area contributed by atoms with Gasteiger partial charge >= 0.3 is 0 Å². The molecule has 0 spiro atoms. The summed E-state index contributed by atoms with van der Waals surface area (Å²) < 4.78 is 23.3. The van der Waals surface area contributed by atoms with Crippen molar-refractivity contribution >= 4 is 15.7 Å². The average Bonchev–Trinajstić information content (AvgIpc) is 2.94. The molecule has 0 bridgehead atoms. The first kappa shape index (κ1) is 18.4. The second-order valence-corrected chi connectivity index (χ2v) is 10.4. The van der Waals surface area contributed by atoms with E-state index in [9.17, 15) is 13.2 Å². The number of hydrogen-bond donors (Lipinski definition) is 0. The number of sulfone groups is 1. The van der Waals surface area contributed by atoms with Crippen molar-refractivity contribution in [2.24, 2.45) is 0 Å². The van der Waals surface area contributed by atoms with Gasteiger partial charge in [0.1, 0.15) is 0 Å². The number of carbonyl (C=O) groups excluding carboxylic acids is 1. The molecule has 2 heterocycles. The van der Waals surface area contributed by atoms with Crippen LogP contribution in [0.5, 0.6) is 0 Å². The third-order valence-electron chi connectivity index (χ3n) is 5.32. The molecule has 25 heavy (non-hydrogen) atoms. The Balaban J connectivity index is 1.58. The molecule has 0 saturated carbocycles. The summed E-state index contributed by atoms with van der Waals surface area (Å²) in [7, 11) is -2.86. The van der Waals surface area contributed by atoms with Crippen LogP contribution >= 0.6 is 0 Å². The van der Waals surface area contributed by atoms with Crippen LogP contribution < -0.4 is 0 Å². The maximum Gasteiger partial charge on any atom is 0.253 e. The van der Waals surface area contributed by atoms with Crippen molar-refractivity contribution < 1.29 is 13.2 Å². The Morgan fingerprint density at radius 2 is 1.64 bits per heavy atom. The van der Waals surface area contributed by atoms with Crippen LogP contribution in [0.1, 0.15) is 43.1 Å². The van der Waals surface area contributed by atoms with Crippen LogP contribution in [-0.2, 0) is 15.3 Å². The summed E-state index contributed by atoms with van der Waals surface area (Å²) in [4.78, 5) is 16.8. The molecule has 1 aromatic carbocycles. The third kappa shape index (κ3) is 4.23. The zero-order valence-corrected chi connectivity index (χ0v) is 16.2. The third-order valence-corrected chi connectivity index (χ3v) is 7.07. The van der Waals surface area contributed by atoms with Gasteiger partial charge in [0.15, 0.2) is 9.84 Å². The van der Waals surface area contributed by atoms with Crippen molar-refractivity contribution in [1.29, 1.82) is 0 Å². The highest BCUT2D eigenvalue weighted by Crippen LogP contribution is 2.23. The Morgan fingerprint density at radius 1 is 1.04 bits per heavy atom. The van der Waals surface area contributed by atoms with Gasteiger partial charge in [-0.1, -0.05) is 32.9 Å². The molecular weight excluding hydrogens is 336 g/mol. The van der Waals surface area contributed by atoms with Gasteiger partial charge in [0.05, 0.1) is 11.5 Å². The zero-order chi connectivity index (χ0) is 18.2. The van der Waals surface area contributed by atoms with E-state index in [0.29, 0.717) is 18.8 Å². The molecule has 0 aliphatic carbocycles. The minimum absolute atomic E-state index is 0.0687. The fraction of sp³-hybridized carbons (Fsp3) is 0.632. The Bertz CT molecular complexity index is 727. The fourth-order valence-corrected chi connectivity index (χ4v) is 5.41. The molecule has 2 fully saturated rings. The van der Waals surface area contributed by atoms with Gasteiger partial charge in [0, 0.05) is 37.8 Å². The van der Waals surface area contributed by atoms with Crippen molar-refractivity contribution in [1.82, 2.24) is 9.80 Å². The lowest BCUT2D eigenvalue weighted by atomic mass is 9.86. The second kappa shape index (κ2) is 6.72. The second-order valence-electron chi connectivity index (χ2n) is 8.21. The van der Waals surface area contributed by atoms with Gasteiger partial charge in [-0.2, -0.15) is 0 Å². The number of amides is 1. The predicted octanol–water partition coefficient (Wildman–Crippen LogP) is 1.93. The highest BCUT2D eigenvalue weighted by molar-refractivity contribution is 7.91. The van der Waals surface area contributed by atoms with E-state index in [4.69, 9.17) is 0 Å². The minimum Gasteiger partial charge on any atom is -0.336 e. The molecule has 1 atom stereocenters. The van der Waals surface area contributed by atoms with E-state index in [1.54, 1.807) is 0 Å². The Morgan fingerprint density at radius 3 is 2.12 bits per heavy atom. The van der Waals surface area contributed by atoms with E-state index in [1.807, 2.05) is 29.2 Å². The van der Waals surface area contributed by atoms with E-state index in [0.717, 1.165) is 25.1 Å². The summed E-state index contributed by atoms with van der Waals surface area (Å²) in [5.74, 6) is 0.644. The van der Waals surface area contributed by atoms with E-state index in [2.05, 4.69) is 25.7 Å². The molecule has 0 unspecified atom stereocenters. The van der Waals surface area contributed by atoms with Crippen LogP contribution in [-0.4, -0.2) is 67.9 Å². The van der Waals surface area contributed by atoms with Gasteiger partial charge in [-0.05, 0) is 29.5 Å². The average molecular weight is 365 g/mol. The first-order valence-electron chi connectivity index (χ1n) is 9.00. The molecule has 3 rings (SSSR count). The van der Waals surface area contributed by atoms with Crippen LogP contribution in [0.2, 0.25) is 0 Å². The summed E-state index contributed by atoms with van der Waals surface area (Å²) in [6.07, 6.45) is 0.727. The highest BCUT2D eigenvalue weighted by Gasteiger charge is 2.34. The largest absolute Gasteiger partial charge is 0.336 e. The normalized spacial score (nSPS) is 24.4. The van der Waals surface area contributed by atoms with Gasteiger partial charge in [-0.3, -0.25) is 9.69 Å². The highest BCUT2D eigenvalue weighted by atomic mass is 32.2. The smallest absolute Gasteiger partial charge is 0.253 e. The quantitative estimate of drug-likeness (QED) is 0.805. The number of rotatable bonds is 2. The number of piperazine rings is 1. The number of nitrogens with zero attached hydrogens (tertiary/aromatic N) is 2. The SMILES string of the molecule is CC(C)(C)c1ccc(C(=O)N2CCN([C@@H]3CCS(=O)(=O)C3)CC2)cc1. The summed E-state index contributed by atoms with van der Waals surface area (Å²) in [6.45, 7) is 9.32. The molecule has 0 radical (unpaired) electrons. The van der Waals surface area contributed by atoms with Gasteiger partial charge in [0.25, 0.3) is 5.91 Å². The molecule has 2 saturated heterocycles. The molecule has 1 amide bonds. The summed E-state index contributed by atoms with van der Waals surface area (Å²) in [6, 6.07) is 8.03. The molecule has 0 N–H and O–H groups in total. The summed E-state index contributed by atoms with van der Waals surface area (Å²) in [5, 5.41) is 0. The van der Waals surface area contributed by atoms with Gasteiger partial charge in [-0.25, -0.2) is 8.42 Å². The molecule has 138 valence electrons. The van der Waals surface area contributed by atoms with Crippen molar-refractivity contribution in [2.45, 2.75) is 38.6 Å². The van der Waals surface area contributed by atoms with Crippen LogP contribution in [0, 0.1) is 0 Å². The molecule has 5 nitrogen and oxygen atoms in total. The first-order chi connectivity index (χ1) is 11.7. The van der Waals surface area contributed by atoms with E-state index >= 15 is 0 Å². The molecule has 6 heteroatoms. The van der Waals surface area contributed by atoms with Crippen molar-refractivity contribution in [3.8, 4) is 0 Å². The van der Waals surface area contributed by atoms with Crippen LogP contribution in [0.15, 0.2) is 24.3 Å². The topological polar surface area (TPSA) is 57.7 Å². The van der Waals surface area contributed by atoms with Crippen molar-refractivity contribution in [3.05, 3.63) is 35.4 Å². The maximum absolute atomic E-state index is 12.7. The Labute approximate surface area is 150 Å². The van der Waals surface area contributed by atoms with E-state index in [1.165, 1.54) is 5.56 Å². The number of hydrogen-bond acceptors (Lipinski definition) is 4. The monoisotopic (exact) mass is 364 g/mol. The fourth-order valence-electron chi connectivity index (χ4n) is 3.65. The van der Waals surface area contributed by atoms with E-state index in [-0.39, 0.29) is 23.1 Å². The van der Waals surface area contributed by atoms with Gasteiger partial charge in [0.2, 0.25) is 0 Å². The van der Waals surface area contributed by atoms with Crippen molar-refractivity contribution in [3.63, 3.8) is 0 Å². The predicted molar refractivity (Wildman–Crippen MR) is 99.7 cm³/mol. The first-order valence-corrected chi connectivity index (χ1v) is 10.8. The maximum atomic E-state index is 12.7. The standard InChI is InChI=1S/C19H28N2O3S/c1-19(2,3)16-6-4-15(5-7-16)18(22)21-11-9-20(10-12-21)17-8-13-25(23,24)14-17/h4-7,17H,8-14H2,1-3H3/t17-/m1/s1. The molecule has 2 aliphatic rings. The lowest BCUT2D eigenvalue weighted by Crippen LogP contribution is -2.52. The Kier molecular flexibility index (Phi) is 4.95. The van der Waals surface area contributed by atoms with Crippen LogP contribution in [0.25, 0.3) is 0 Å². The Hall–Kier alpha value is -1.40. The van der Waals surface area contributed by atoms with Gasteiger partial charge < -0.3 is 4.90 Å². The van der Waals surface area contributed by atoms with Gasteiger partial charge in [-0.15, -0.1) is 0 Å². The molecular formula is C19H28N2O3S. The summed E-state index contributed by atoms with van der Waals surface area (Å²) >= 11 is 0. The molecule has 2 aliphatic heterocycles. The number of benzene rings is 1. The zero-order valence-electron chi connectivity index (χ0n) is 15.4. The van der Waals surface area contributed by atoms with Crippen molar-refractivity contribution in [2.75, 3.05) is 37.7 Å². The van der Waals surface area contributed by atoms with E-state index < -0.39 is 9.84 Å². The lowest BCUT2D eigenvalue weighted by Gasteiger charge is -2.37. The molecule has 0 aromatic heterocycles. The molecule has 1 aromatic rings. The summed E-state index contributed by atoms with van der Waals surface area (Å²) in [5.41, 5.74) is 2.02. The minimum atomic E-state index is -2.86. The van der Waals surface area contributed by atoms with Crippen LogP contribution in [0.3, 0.4) is 0 Å².